The molecule has 0 aromatic heterocycles. The Bertz CT molecular complexity index is 892. The largest absolute Gasteiger partial charge is 0.339 e. The summed E-state index contributed by atoms with van der Waals surface area (Å²) in [6.45, 7) is 6.46. The number of carbonyl (C=O) groups excluding carboxylic acids is 1. The molecular weight excluding hydrogens is 356 g/mol. The second kappa shape index (κ2) is 9.06. The minimum atomic E-state index is -0.235. The first-order chi connectivity index (χ1) is 14.2. The van der Waals surface area contributed by atoms with Gasteiger partial charge in [0.15, 0.2) is 0 Å². The lowest BCUT2D eigenvalue weighted by Crippen LogP contribution is -2.49. The Kier molecular flexibility index (Phi) is 6.06. The highest BCUT2D eigenvalue weighted by molar-refractivity contribution is 5.87. The maximum atomic E-state index is 13.5. The zero-order chi connectivity index (χ0) is 20.1. The van der Waals surface area contributed by atoms with Gasteiger partial charge < -0.3 is 4.90 Å². The number of benzene rings is 3. The highest BCUT2D eigenvalue weighted by Crippen LogP contribution is 2.27. The molecule has 3 aromatic rings. The molecule has 1 fully saturated rings. The summed E-state index contributed by atoms with van der Waals surface area (Å²) in [7, 11) is 0. The van der Waals surface area contributed by atoms with E-state index in [0.717, 1.165) is 43.9 Å². The van der Waals surface area contributed by atoms with Gasteiger partial charge in [0, 0.05) is 32.7 Å². The van der Waals surface area contributed by atoms with Crippen LogP contribution in [-0.2, 0) is 11.3 Å². The van der Waals surface area contributed by atoms with Gasteiger partial charge >= 0.3 is 0 Å². The molecule has 1 heterocycles. The molecule has 3 heteroatoms. The summed E-state index contributed by atoms with van der Waals surface area (Å²) in [5.41, 5.74) is 4.76. The molecule has 0 spiro atoms. The third-order valence-electron chi connectivity index (χ3n) is 5.69. The molecule has 3 nitrogen and oxygen atoms in total. The van der Waals surface area contributed by atoms with Crippen molar-refractivity contribution in [1.82, 2.24) is 9.80 Å². The van der Waals surface area contributed by atoms with Crippen LogP contribution in [0.25, 0.3) is 0 Å². The van der Waals surface area contributed by atoms with Crippen molar-refractivity contribution in [2.24, 2.45) is 0 Å². The average Bonchev–Trinajstić information content (AvgIpc) is 2.76. The van der Waals surface area contributed by atoms with Gasteiger partial charge in [-0.05, 0) is 23.6 Å². The van der Waals surface area contributed by atoms with Crippen LogP contribution in [0.5, 0.6) is 0 Å². The quantitative estimate of drug-likeness (QED) is 0.648. The third-order valence-corrected chi connectivity index (χ3v) is 5.69. The van der Waals surface area contributed by atoms with Crippen LogP contribution in [0.3, 0.4) is 0 Å². The second-order valence-corrected chi connectivity index (χ2v) is 7.84. The van der Waals surface area contributed by atoms with Crippen LogP contribution < -0.4 is 0 Å². The average molecular weight is 385 g/mol. The highest BCUT2D eigenvalue weighted by atomic mass is 16.2. The van der Waals surface area contributed by atoms with E-state index in [1.54, 1.807) is 0 Å². The topological polar surface area (TPSA) is 23.6 Å². The lowest BCUT2D eigenvalue weighted by Gasteiger charge is -2.36. The molecule has 29 heavy (non-hydrogen) atoms. The molecule has 0 bridgehead atoms. The minimum absolute atomic E-state index is 0.206. The fourth-order valence-corrected chi connectivity index (χ4v) is 4.15. The summed E-state index contributed by atoms with van der Waals surface area (Å²) < 4.78 is 0. The van der Waals surface area contributed by atoms with E-state index in [4.69, 9.17) is 0 Å². The molecule has 0 unspecified atom stereocenters. The SMILES string of the molecule is Cc1cccc(CN2CCN(C(=O)C(c3ccccc3)c3ccccc3)CC2)c1. The van der Waals surface area contributed by atoms with Crippen LogP contribution in [0.4, 0.5) is 0 Å². The minimum Gasteiger partial charge on any atom is -0.339 e. The Hall–Kier alpha value is -2.91. The molecule has 1 amide bonds. The van der Waals surface area contributed by atoms with Crippen molar-refractivity contribution < 1.29 is 4.79 Å². The van der Waals surface area contributed by atoms with Gasteiger partial charge in [0.25, 0.3) is 0 Å². The van der Waals surface area contributed by atoms with Gasteiger partial charge in [-0.2, -0.15) is 0 Å². The molecule has 1 aliphatic rings. The predicted octanol–water partition coefficient (Wildman–Crippen LogP) is 4.47. The van der Waals surface area contributed by atoms with E-state index < -0.39 is 0 Å². The van der Waals surface area contributed by atoms with Gasteiger partial charge in [-0.15, -0.1) is 0 Å². The Balaban J connectivity index is 1.45. The lowest BCUT2D eigenvalue weighted by atomic mass is 9.90. The molecule has 1 saturated heterocycles. The molecule has 1 aliphatic heterocycles. The van der Waals surface area contributed by atoms with Crippen LogP contribution in [-0.4, -0.2) is 41.9 Å². The van der Waals surface area contributed by atoms with E-state index in [-0.39, 0.29) is 11.8 Å². The normalized spacial score (nSPS) is 14.9. The Labute approximate surface area is 173 Å². The second-order valence-electron chi connectivity index (χ2n) is 7.84. The highest BCUT2D eigenvalue weighted by Gasteiger charge is 2.29. The summed E-state index contributed by atoms with van der Waals surface area (Å²) in [5.74, 6) is -0.0293. The Morgan fingerprint density at radius 2 is 1.38 bits per heavy atom. The van der Waals surface area contributed by atoms with Crippen molar-refractivity contribution in [3.63, 3.8) is 0 Å². The molecule has 0 radical (unpaired) electrons. The number of carbonyl (C=O) groups is 1. The van der Waals surface area contributed by atoms with E-state index in [1.165, 1.54) is 11.1 Å². The number of rotatable bonds is 5. The first-order valence-corrected chi connectivity index (χ1v) is 10.4. The van der Waals surface area contributed by atoms with E-state index in [0.29, 0.717) is 0 Å². The zero-order valence-corrected chi connectivity index (χ0v) is 17.0. The van der Waals surface area contributed by atoms with Crippen LogP contribution in [0, 0.1) is 6.92 Å². The van der Waals surface area contributed by atoms with Crippen LogP contribution >= 0.6 is 0 Å². The number of amides is 1. The van der Waals surface area contributed by atoms with E-state index >= 15 is 0 Å². The van der Waals surface area contributed by atoms with Crippen molar-refractivity contribution in [2.75, 3.05) is 26.2 Å². The molecule has 0 saturated carbocycles. The summed E-state index contributed by atoms with van der Waals surface area (Å²) in [4.78, 5) is 18.0. The van der Waals surface area contributed by atoms with Crippen molar-refractivity contribution >= 4 is 5.91 Å². The van der Waals surface area contributed by atoms with Gasteiger partial charge in [-0.25, -0.2) is 0 Å². The summed E-state index contributed by atoms with van der Waals surface area (Å²) in [5, 5.41) is 0. The first-order valence-electron chi connectivity index (χ1n) is 10.4. The van der Waals surface area contributed by atoms with Crippen molar-refractivity contribution in [2.45, 2.75) is 19.4 Å². The zero-order valence-electron chi connectivity index (χ0n) is 17.0. The molecule has 148 valence electrons. The maximum Gasteiger partial charge on any atom is 0.234 e. The smallest absolute Gasteiger partial charge is 0.234 e. The van der Waals surface area contributed by atoms with Crippen molar-refractivity contribution in [3.8, 4) is 0 Å². The lowest BCUT2D eigenvalue weighted by molar-refractivity contribution is -0.133. The molecule has 4 rings (SSSR count). The van der Waals surface area contributed by atoms with Gasteiger partial charge in [-0.3, -0.25) is 9.69 Å². The number of piperazine rings is 1. The fourth-order valence-electron chi connectivity index (χ4n) is 4.15. The van der Waals surface area contributed by atoms with E-state index in [9.17, 15) is 4.79 Å². The number of hydrogen-bond acceptors (Lipinski definition) is 2. The van der Waals surface area contributed by atoms with E-state index in [1.807, 2.05) is 41.3 Å². The predicted molar refractivity (Wildman–Crippen MR) is 118 cm³/mol. The summed E-state index contributed by atoms with van der Waals surface area (Å²) in [6, 6.07) is 29.0. The molecule has 0 atom stereocenters. The van der Waals surface area contributed by atoms with Gasteiger partial charge in [0.2, 0.25) is 5.91 Å². The number of hydrogen-bond donors (Lipinski definition) is 0. The fraction of sp³-hybridized carbons (Fsp3) is 0.269. The van der Waals surface area contributed by atoms with Crippen LogP contribution in [0.15, 0.2) is 84.9 Å². The molecule has 3 aromatic carbocycles. The first kappa shape index (κ1) is 19.4. The summed E-state index contributed by atoms with van der Waals surface area (Å²) >= 11 is 0. The standard InChI is InChI=1S/C26H28N2O/c1-21-9-8-10-22(19-21)20-27-15-17-28(18-16-27)26(29)25(23-11-4-2-5-12-23)24-13-6-3-7-14-24/h2-14,19,25H,15-18,20H2,1H3. The Morgan fingerprint density at radius 3 is 1.93 bits per heavy atom. The van der Waals surface area contributed by atoms with Gasteiger partial charge in [0.1, 0.15) is 0 Å². The van der Waals surface area contributed by atoms with Crippen molar-refractivity contribution in [3.05, 3.63) is 107 Å². The molecular formula is C26H28N2O. The molecule has 0 aliphatic carbocycles. The monoisotopic (exact) mass is 384 g/mol. The third kappa shape index (κ3) is 4.75. The molecule has 0 N–H and O–H groups in total. The number of nitrogens with zero attached hydrogens (tertiary/aromatic N) is 2. The number of aryl methyl sites for hydroxylation is 1. The Morgan fingerprint density at radius 1 is 0.793 bits per heavy atom. The van der Waals surface area contributed by atoms with Crippen LogP contribution in [0.2, 0.25) is 0 Å². The van der Waals surface area contributed by atoms with Crippen LogP contribution in [0.1, 0.15) is 28.2 Å². The van der Waals surface area contributed by atoms with Gasteiger partial charge in [-0.1, -0.05) is 90.5 Å². The van der Waals surface area contributed by atoms with Gasteiger partial charge in [0.05, 0.1) is 5.92 Å². The summed E-state index contributed by atoms with van der Waals surface area (Å²) in [6.07, 6.45) is 0. The van der Waals surface area contributed by atoms with E-state index in [2.05, 4.69) is 60.4 Å². The van der Waals surface area contributed by atoms with Crippen molar-refractivity contribution in [1.29, 1.82) is 0 Å². The maximum absolute atomic E-state index is 13.5.